The molecule has 2 rings (SSSR count). The molecule has 1 aromatic rings. The van der Waals surface area contributed by atoms with Gasteiger partial charge in [0.15, 0.2) is 0 Å². The van der Waals surface area contributed by atoms with Crippen LogP contribution < -0.4 is 4.74 Å². The highest BCUT2D eigenvalue weighted by Crippen LogP contribution is 2.12. The average Bonchev–Trinajstić information content (AvgIpc) is 2.01. The number of hydrogen-bond donors (Lipinski definition) is 0. The lowest BCUT2D eigenvalue weighted by molar-refractivity contribution is 0.0728. The third kappa shape index (κ3) is 2.86. The molecule has 0 spiro atoms. The van der Waals surface area contributed by atoms with Crippen LogP contribution in [0, 0.1) is 6.92 Å². The van der Waals surface area contributed by atoms with Gasteiger partial charge in [-0.1, -0.05) is 0 Å². The molecule has 78 valence electrons. The minimum atomic E-state index is 0. The van der Waals surface area contributed by atoms with E-state index in [1.807, 2.05) is 19.2 Å². The van der Waals surface area contributed by atoms with E-state index >= 15 is 0 Å². The molecule has 0 saturated carbocycles. The van der Waals surface area contributed by atoms with Gasteiger partial charge in [-0.3, -0.25) is 9.88 Å². The van der Waals surface area contributed by atoms with Crippen LogP contribution in [0.5, 0.6) is 5.75 Å². The van der Waals surface area contributed by atoms with Crippen LogP contribution in [0.25, 0.3) is 0 Å². The molecule has 1 fully saturated rings. The zero-order valence-corrected chi connectivity index (χ0v) is 9.09. The van der Waals surface area contributed by atoms with Crippen LogP contribution in [0.15, 0.2) is 18.5 Å². The fourth-order valence-electron chi connectivity index (χ4n) is 1.28. The van der Waals surface area contributed by atoms with Gasteiger partial charge in [-0.25, -0.2) is 0 Å². The van der Waals surface area contributed by atoms with E-state index in [4.69, 9.17) is 4.74 Å². The second kappa shape index (κ2) is 5.17. The number of halogens is 1. The first kappa shape index (κ1) is 11.3. The molecular weight excluding hydrogens is 200 g/mol. The Hall–Kier alpha value is -0.800. The lowest BCUT2D eigenvalue weighted by Crippen LogP contribution is -2.39. The van der Waals surface area contributed by atoms with Gasteiger partial charge in [0.05, 0.1) is 6.20 Å². The van der Waals surface area contributed by atoms with Crippen molar-refractivity contribution in [3.63, 3.8) is 0 Å². The molecular formula is C10H15ClN2O. The summed E-state index contributed by atoms with van der Waals surface area (Å²) in [6.07, 6.45) is 4.89. The Morgan fingerprint density at radius 1 is 1.43 bits per heavy atom. The molecule has 0 aliphatic carbocycles. The monoisotopic (exact) mass is 214 g/mol. The summed E-state index contributed by atoms with van der Waals surface area (Å²) in [7, 11) is 0. The predicted octanol–water partition coefficient (Wildman–Crippen LogP) is 1.85. The summed E-state index contributed by atoms with van der Waals surface area (Å²) < 4.78 is 5.55. The number of pyridine rings is 1. The van der Waals surface area contributed by atoms with Crippen LogP contribution in [-0.2, 0) is 0 Å². The van der Waals surface area contributed by atoms with Gasteiger partial charge < -0.3 is 4.74 Å². The highest BCUT2D eigenvalue weighted by Gasteiger charge is 2.13. The van der Waals surface area contributed by atoms with Gasteiger partial charge in [-0.2, -0.15) is 0 Å². The first-order chi connectivity index (χ1) is 6.34. The number of rotatable bonds is 3. The molecule has 2 heterocycles. The summed E-state index contributed by atoms with van der Waals surface area (Å²) in [4.78, 5) is 6.33. The lowest BCUT2D eigenvalue weighted by Gasteiger charge is -2.30. The zero-order valence-electron chi connectivity index (χ0n) is 8.27. The zero-order chi connectivity index (χ0) is 9.10. The lowest BCUT2D eigenvalue weighted by atomic mass is 10.2. The normalized spacial score (nSPS) is 15.5. The summed E-state index contributed by atoms with van der Waals surface area (Å²) in [6.45, 7) is 5.05. The maximum absolute atomic E-state index is 5.55. The number of likely N-dealkylation sites (tertiary alicyclic amines) is 1. The first-order valence-corrected chi connectivity index (χ1v) is 4.61. The fourth-order valence-corrected chi connectivity index (χ4v) is 1.28. The molecule has 0 bridgehead atoms. The Kier molecular flexibility index (Phi) is 4.17. The van der Waals surface area contributed by atoms with Gasteiger partial charge in [-0.05, 0) is 25.0 Å². The van der Waals surface area contributed by atoms with E-state index in [2.05, 4.69) is 9.88 Å². The van der Waals surface area contributed by atoms with E-state index in [1.165, 1.54) is 19.5 Å². The number of aromatic nitrogens is 1. The molecule has 3 nitrogen and oxygen atoms in total. The highest BCUT2D eigenvalue weighted by molar-refractivity contribution is 5.85. The van der Waals surface area contributed by atoms with Gasteiger partial charge in [0.2, 0.25) is 0 Å². The van der Waals surface area contributed by atoms with E-state index in [0.29, 0.717) is 6.73 Å². The molecule has 0 atom stereocenters. The van der Waals surface area contributed by atoms with Crippen molar-refractivity contribution < 1.29 is 4.74 Å². The van der Waals surface area contributed by atoms with Crippen molar-refractivity contribution in [2.24, 2.45) is 0 Å². The number of ether oxygens (including phenoxy) is 1. The Balaban J connectivity index is 0.000000980. The van der Waals surface area contributed by atoms with Crippen molar-refractivity contribution in [2.75, 3.05) is 19.8 Å². The van der Waals surface area contributed by atoms with Gasteiger partial charge in [0.1, 0.15) is 12.5 Å². The maximum atomic E-state index is 5.55. The molecule has 0 radical (unpaired) electrons. The standard InChI is InChI=1S/C10H14N2O.ClH/c1-9-5-10(7-11-6-9)13-8-12-3-2-4-12;/h5-7H,2-4,8H2,1H3;1H. The first-order valence-electron chi connectivity index (χ1n) is 4.61. The van der Waals surface area contributed by atoms with Gasteiger partial charge in [0.25, 0.3) is 0 Å². The van der Waals surface area contributed by atoms with Crippen molar-refractivity contribution >= 4 is 12.4 Å². The Morgan fingerprint density at radius 2 is 2.21 bits per heavy atom. The molecule has 1 aromatic heterocycles. The molecule has 1 saturated heterocycles. The molecule has 0 N–H and O–H groups in total. The molecule has 0 aromatic carbocycles. The number of hydrogen-bond acceptors (Lipinski definition) is 3. The second-order valence-corrected chi connectivity index (χ2v) is 3.44. The molecule has 1 aliphatic rings. The van der Waals surface area contributed by atoms with Crippen molar-refractivity contribution in [1.29, 1.82) is 0 Å². The minimum Gasteiger partial charge on any atom is -0.477 e. The summed E-state index contributed by atoms with van der Waals surface area (Å²) in [6, 6.07) is 2.01. The van der Waals surface area contributed by atoms with Crippen LogP contribution in [0.1, 0.15) is 12.0 Å². The van der Waals surface area contributed by atoms with Crippen LogP contribution >= 0.6 is 12.4 Å². The van der Waals surface area contributed by atoms with E-state index < -0.39 is 0 Å². The van der Waals surface area contributed by atoms with Gasteiger partial charge in [0, 0.05) is 19.3 Å². The third-order valence-corrected chi connectivity index (χ3v) is 2.21. The summed E-state index contributed by atoms with van der Waals surface area (Å²) in [5, 5.41) is 0. The van der Waals surface area contributed by atoms with Gasteiger partial charge >= 0.3 is 0 Å². The van der Waals surface area contributed by atoms with Crippen LogP contribution in [0.4, 0.5) is 0 Å². The van der Waals surface area contributed by atoms with Crippen molar-refractivity contribution in [1.82, 2.24) is 9.88 Å². The molecule has 0 unspecified atom stereocenters. The topological polar surface area (TPSA) is 25.4 Å². The smallest absolute Gasteiger partial charge is 0.142 e. The number of nitrogens with zero attached hydrogens (tertiary/aromatic N) is 2. The third-order valence-electron chi connectivity index (χ3n) is 2.21. The quantitative estimate of drug-likeness (QED) is 0.768. The molecule has 0 amide bonds. The molecule has 4 heteroatoms. The van der Waals surface area contributed by atoms with E-state index in [-0.39, 0.29) is 12.4 Å². The Labute approximate surface area is 90.5 Å². The van der Waals surface area contributed by atoms with Crippen molar-refractivity contribution in [3.05, 3.63) is 24.0 Å². The predicted molar refractivity (Wildman–Crippen MR) is 57.9 cm³/mol. The molecule has 14 heavy (non-hydrogen) atoms. The summed E-state index contributed by atoms with van der Waals surface area (Å²) in [5.41, 5.74) is 1.14. The SMILES string of the molecule is Cc1cncc(OCN2CCC2)c1.Cl. The van der Waals surface area contributed by atoms with E-state index in [9.17, 15) is 0 Å². The maximum Gasteiger partial charge on any atom is 0.142 e. The Morgan fingerprint density at radius 3 is 2.79 bits per heavy atom. The average molecular weight is 215 g/mol. The van der Waals surface area contributed by atoms with Crippen LogP contribution in [-0.4, -0.2) is 29.7 Å². The van der Waals surface area contributed by atoms with E-state index in [1.54, 1.807) is 6.20 Å². The second-order valence-electron chi connectivity index (χ2n) is 3.44. The van der Waals surface area contributed by atoms with Crippen LogP contribution in [0.2, 0.25) is 0 Å². The fraction of sp³-hybridized carbons (Fsp3) is 0.500. The number of aryl methyl sites for hydroxylation is 1. The van der Waals surface area contributed by atoms with Crippen molar-refractivity contribution in [2.45, 2.75) is 13.3 Å². The molecule has 1 aliphatic heterocycles. The largest absolute Gasteiger partial charge is 0.477 e. The van der Waals surface area contributed by atoms with Crippen molar-refractivity contribution in [3.8, 4) is 5.75 Å². The highest BCUT2D eigenvalue weighted by atomic mass is 35.5. The van der Waals surface area contributed by atoms with Gasteiger partial charge in [-0.15, -0.1) is 12.4 Å². The summed E-state index contributed by atoms with van der Waals surface area (Å²) >= 11 is 0. The van der Waals surface area contributed by atoms with E-state index in [0.717, 1.165) is 11.3 Å². The minimum absolute atomic E-state index is 0. The Bertz CT molecular complexity index is 289. The van der Waals surface area contributed by atoms with Crippen LogP contribution in [0.3, 0.4) is 0 Å². The summed E-state index contributed by atoms with van der Waals surface area (Å²) in [5.74, 6) is 0.868.